The average Bonchev–Trinajstić information content (AvgIpc) is 2.56. The van der Waals surface area contributed by atoms with Crippen LogP contribution in [0.5, 0.6) is 0 Å². The van der Waals surface area contributed by atoms with E-state index in [2.05, 4.69) is 36.2 Å². The van der Waals surface area contributed by atoms with E-state index in [4.69, 9.17) is 4.98 Å². The molecule has 0 bridgehead atoms. The number of likely N-dealkylation sites (tertiary alicyclic amines) is 1. The Balaban J connectivity index is 1.77. The SMILES string of the molecule is CC(C)CN1CCCCC1c1cccnc1NC1CCCCC1. The van der Waals surface area contributed by atoms with Crippen LogP contribution in [-0.4, -0.2) is 29.0 Å². The lowest BCUT2D eigenvalue weighted by Crippen LogP contribution is -2.36. The average molecular weight is 316 g/mol. The third-order valence-electron chi connectivity index (χ3n) is 5.36. The molecule has 2 fully saturated rings. The van der Waals surface area contributed by atoms with E-state index in [0.29, 0.717) is 12.1 Å². The Morgan fingerprint density at radius 1 is 1.13 bits per heavy atom. The van der Waals surface area contributed by atoms with Gasteiger partial charge in [0, 0.05) is 30.4 Å². The fraction of sp³-hybridized carbons (Fsp3) is 0.750. The molecular weight excluding hydrogens is 282 g/mol. The van der Waals surface area contributed by atoms with E-state index in [0.717, 1.165) is 11.7 Å². The molecule has 3 nitrogen and oxygen atoms in total. The largest absolute Gasteiger partial charge is 0.367 e. The molecule has 0 radical (unpaired) electrons. The molecule has 1 saturated heterocycles. The molecule has 1 unspecified atom stereocenters. The van der Waals surface area contributed by atoms with Gasteiger partial charge in [-0.2, -0.15) is 0 Å². The number of pyridine rings is 1. The molecule has 0 spiro atoms. The van der Waals surface area contributed by atoms with Gasteiger partial charge < -0.3 is 5.32 Å². The molecule has 2 heterocycles. The van der Waals surface area contributed by atoms with Crippen LogP contribution in [0.1, 0.15) is 76.8 Å². The summed E-state index contributed by atoms with van der Waals surface area (Å²) in [5.41, 5.74) is 1.43. The molecule has 3 rings (SSSR count). The van der Waals surface area contributed by atoms with Crippen LogP contribution in [0.2, 0.25) is 0 Å². The lowest BCUT2D eigenvalue weighted by molar-refractivity contribution is 0.132. The van der Waals surface area contributed by atoms with Crippen LogP contribution in [0, 0.1) is 5.92 Å². The number of hydrogen-bond acceptors (Lipinski definition) is 3. The Morgan fingerprint density at radius 2 is 1.91 bits per heavy atom. The molecule has 1 aliphatic heterocycles. The first kappa shape index (κ1) is 16.8. The molecule has 1 aromatic rings. The van der Waals surface area contributed by atoms with Crippen LogP contribution in [-0.2, 0) is 0 Å². The van der Waals surface area contributed by atoms with Crippen molar-refractivity contribution in [3.05, 3.63) is 23.9 Å². The van der Waals surface area contributed by atoms with Crippen molar-refractivity contribution in [1.82, 2.24) is 9.88 Å². The van der Waals surface area contributed by atoms with E-state index < -0.39 is 0 Å². The standard InChI is InChI=1S/C20H33N3/c1-16(2)15-23-14-7-6-12-19(23)18-11-8-13-21-20(18)22-17-9-4-3-5-10-17/h8,11,13,16-17,19H,3-7,9-10,12,14-15H2,1-2H3,(H,21,22). The minimum Gasteiger partial charge on any atom is -0.367 e. The Labute approximate surface area is 141 Å². The van der Waals surface area contributed by atoms with Crippen molar-refractivity contribution in [3.63, 3.8) is 0 Å². The van der Waals surface area contributed by atoms with Crippen LogP contribution in [0.15, 0.2) is 18.3 Å². The van der Waals surface area contributed by atoms with Crippen LogP contribution in [0.4, 0.5) is 5.82 Å². The third kappa shape index (κ3) is 4.47. The third-order valence-corrected chi connectivity index (χ3v) is 5.36. The summed E-state index contributed by atoms with van der Waals surface area (Å²) in [6, 6.07) is 5.59. The molecule has 1 saturated carbocycles. The highest BCUT2D eigenvalue weighted by Gasteiger charge is 2.27. The summed E-state index contributed by atoms with van der Waals surface area (Å²) in [7, 11) is 0. The van der Waals surface area contributed by atoms with Gasteiger partial charge in [0.1, 0.15) is 5.82 Å². The first-order valence-electron chi connectivity index (χ1n) is 9.69. The topological polar surface area (TPSA) is 28.2 Å². The maximum Gasteiger partial charge on any atom is 0.130 e. The molecule has 128 valence electrons. The summed E-state index contributed by atoms with van der Waals surface area (Å²) in [5.74, 6) is 1.88. The van der Waals surface area contributed by atoms with Crippen molar-refractivity contribution in [3.8, 4) is 0 Å². The van der Waals surface area contributed by atoms with Gasteiger partial charge in [0.05, 0.1) is 0 Å². The Hall–Kier alpha value is -1.09. The quantitative estimate of drug-likeness (QED) is 0.828. The van der Waals surface area contributed by atoms with Gasteiger partial charge in [-0.15, -0.1) is 0 Å². The van der Waals surface area contributed by atoms with E-state index in [9.17, 15) is 0 Å². The fourth-order valence-corrected chi connectivity index (χ4v) is 4.28. The van der Waals surface area contributed by atoms with E-state index >= 15 is 0 Å². The van der Waals surface area contributed by atoms with Crippen LogP contribution >= 0.6 is 0 Å². The first-order chi connectivity index (χ1) is 11.2. The minimum atomic E-state index is 0.547. The second kappa shape index (κ2) is 8.14. The molecular formula is C20H33N3. The summed E-state index contributed by atoms with van der Waals surface area (Å²) >= 11 is 0. The summed E-state index contributed by atoms with van der Waals surface area (Å²) in [4.78, 5) is 7.42. The lowest BCUT2D eigenvalue weighted by atomic mass is 9.93. The van der Waals surface area contributed by atoms with Gasteiger partial charge in [0.2, 0.25) is 0 Å². The van der Waals surface area contributed by atoms with Gasteiger partial charge in [0.15, 0.2) is 0 Å². The molecule has 1 atom stereocenters. The lowest BCUT2D eigenvalue weighted by Gasteiger charge is -2.38. The minimum absolute atomic E-state index is 0.547. The number of rotatable bonds is 5. The van der Waals surface area contributed by atoms with E-state index in [-0.39, 0.29) is 0 Å². The van der Waals surface area contributed by atoms with Crippen molar-refractivity contribution < 1.29 is 0 Å². The molecule has 0 aromatic carbocycles. The zero-order chi connectivity index (χ0) is 16.1. The van der Waals surface area contributed by atoms with Gasteiger partial charge >= 0.3 is 0 Å². The van der Waals surface area contributed by atoms with Gasteiger partial charge in [-0.1, -0.05) is 45.6 Å². The Morgan fingerprint density at radius 3 is 2.70 bits per heavy atom. The van der Waals surface area contributed by atoms with Crippen molar-refractivity contribution in [2.24, 2.45) is 5.92 Å². The number of anilines is 1. The van der Waals surface area contributed by atoms with E-state index in [1.807, 2.05) is 6.20 Å². The summed E-state index contributed by atoms with van der Waals surface area (Å²) in [6.07, 6.45) is 12.6. The second-order valence-corrected chi connectivity index (χ2v) is 7.82. The van der Waals surface area contributed by atoms with Crippen molar-refractivity contribution >= 4 is 5.82 Å². The van der Waals surface area contributed by atoms with E-state index in [1.165, 1.54) is 70.0 Å². The molecule has 1 aliphatic carbocycles. The second-order valence-electron chi connectivity index (χ2n) is 7.82. The highest BCUT2D eigenvalue weighted by atomic mass is 15.2. The zero-order valence-corrected chi connectivity index (χ0v) is 14.9. The summed E-state index contributed by atoms with van der Waals surface area (Å²) in [5, 5.41) is 3.78. The number of aromatic nitrogens is 1. The molecule has 1 N–H and O–H groups in total. The highest BCUT2D eigenvalue weighted by Crippen LogP contribution is 2.35. The summed E-state index contributed by atoms with van der Waals surface area (Å²) < 4.78 is 0. The van der Waals surface area contributed by atoms with Crippen LogP contribution in [0.3, 0.4) is 0 Å². The van der Waals surface area contributed by atoms with Crippen LogP contribution < -0.4 is 5.32 Å². The van der Waals surface area contributed by atoms with Crippen molar-refractivity contribution in [2.75, 3.05) is 18.4 Å². The number of hydrogen-bond donors (Lipinski definition) is 1. The van der Waals surface area contributed by atoms with Gasteiger partial charge in [-0.05, 0) is 44.2 Å². The molecule has 2 aliphatic rings. The highest BCUT2D eigenvalue weighted by molar-refractivity contribution is 5.46. The maximum atomic E-state index is 4.72. The predicted octanol–water partition coefficient (Wildman–Crippen LogP) is 5.01. The summed E-state index contributed by atoms with van der Waals surface area (Å²) in [6.45, 7) is 7.09. The molecule has 23 heavy (non-hydrogen) atoms. The van der Waals surface area contributed by atoms with Gasteiger partial charge in [0.25, 0.3) is 0 Å². The van der Waals surface area contributed by atoms with Gasteiger partial charge in [-0.25, -0.2) is 4.98 Å². The number of nitrogens with one attached hydrogen (secondary N) is 1. The van der Waals surface area contributed by atoms with Crippen LogP contribution in [0.25, 0.3) is 0 Å². The van der Waals surface area contributed by atoms with Gasteiger partial charge in [-0.3, -0.25) is 4.90 Å². The van der Waals surface area contributed by atoms with E-state index in [1.54, 1.807) is 0 Å². The van der Waals surface area contributed by atoms with Crippen molar-refractivity contribution in [2.45, 2.75) is 77.3 Å². The number of piperidine rings is 1. The monoisotopic (exact) mass is 315 g/mol. The van der Waals surface area contributed by atoms with Crippen molar-refractivity contribution in [1.29, 1.82) is 0 Å². The molecule has 3 heteroatoms. The molecule has 1 aromatic heterocycles. The predicted molar refractivity (Wildman–Crippen MR) is 97.7 cm³/mol. The maximum absolute atomic E-state index is 4.72. The fourth-order valence-electron chi connectivity index (χ4n) is 4.28. The normalized spacial score (nSPS) is 24.0. The smallest absolute Gasteiger partial charge is 0.130 e. The zero-order valence-electron chi connectivity index (χ0n) is 14.9. The molecule has 0 amide bonds. The Kier molecular flexibility index (Phi) is 5.93. The Bertz CT molecular complexity index is 480. The number of nitrogens with zero attached hydrogens (tertiary/aromatic N) is 2. The first-order valence-corrected chi connectivity index (χ1v) is 9.69.